The molecule has 0 fully saturated rings. The molecular weight excluding hydrogens is 232 g/mol. The van der Waals surface area contributed by atoms with Crippen molar-refractivity contribution >= 4 is 11.3 Å². The molecule has 0 unspecified atom stereocenters. The van der Waals surface area contributed by atoms with Gasteiger partial charge in [0.05, 0.1) is 5.69 Å². The van der Waals surface area contributed by atoms with Crippen molar-refractivity contribution in [3.05, 3.63) is 28.5 Å². The number of aromatic nitrogens is 1. The lowest BCUT2D eigenvalue weighted by Crippen LogP contribution is -2.34. The summed E-state index contributed by atoms with van der Waals surface area (Å²) in [7, 11) is 0. The van der Waals surface area contributed by atoms with Crippen LogP contribution < -0.4 is 5.73 Å². The number of hydrogen-bond donors (Lipinski definition) is 1. The summed E-state index contributed by atoms with van der Waals surface area (Å²) in [6.45, 7) is 8.02. The molecule has 0 spiro atoms. The van der Waals surface area contributed by atoms with E-state index >= 15 is 0 Å². The fourth-order valence-electron chi connectivity index (χ4n) is 1.66. The van der Waals surface area contributed by atoms with Gasteiger partial charge in [-0.15, -0.1) is 11.3 Å². The Morgan fingerprint density at radius 3 is 2.59 bits per heavy atom. The van der Waals surface area contributed by atoms with Crippen molar-refractivity contribution in [1.29, 1.82) is 0 Å². The molecule has 0 aromatic carbocycles. The van der Waals surface area contributed by atoms with Crippen LogP contribution in [0.25, 0.3) is 10.8 Å². The second-order valence-electron chi connectivity index (χ2n) is 5.10. The number of rotatable bonds is 3. The molecule has 0 amide bonds. The Morgan fingerprint density at radius 1 is 1.35 bits per heavy atom. The average molecular weight is 250 g/mol. The lowest BCUT2D eigenvalue weighted by molar-refractivity contribution is 0.519. The first-order chi connectivity index (χ1) is 7.85. The zero-order chi connectivity index (χ0) is 12.6. The van der Waals surface area contributed by atoms with Gasteiger partial charge < -0.3 is 10.2 Å². The Balaban J connectivity index is 2.30. The van der Waals surface area contributed by atoms with E-state index in [1.165, 1.54) is 4.88 Å². The molecule has 0 saturated heterocycles. The molecule has 17 heavy (non-hydrogen) atoms. The van der Waals surface area contributed by atoms with Crippen LogP contribution >= 0.6 is 11.3 Å². The van der Waals surface area contributed by atoms with E-state index in [1.807, 2.05) is 39.8 Å². The Hall–Kier alpha value is -1.13. The molecule has 2 heterocycles. The number of furan rings is 1. The largest absolute Gasteiger partial charge is 0.459 e. The normalized spacial score (nSPS) is 12.1. The van der Waals surface area contributed by atoms with Crippen LogP contribution in [-0.2, 0) is 6.42 Å². The van der Waals surface area contributed by atoms with E-state index in [0.29, 0.717) is 0 Å². The lowest BCUT2D eigenvalue weighted by Gasteiger charge is -2.16. The van der Waals surface area contributed by atoms with Crippen LogP contribution in [0, 0.1) is 13.8 Å². The van der Waals surface area contributed by atoms with Crippen molar-refractivity contribution in [2.24, 2.45) is 5.73 Å². The molecule has 4 heteroatoms. The summed E-state index contributed by atoms with van der Waals surface area (Å²) in [5, 5.41) is 0.940. The smallest absolute Gasteiger partial charge is 0.162 e. The van der Waals surface area contributed by atoms with Crippen LogP contribution in [0.2, 0.25) is 0 Å². The molecule has 0 aliphatic heterocycles. The van der Waals surface area contributed by atoms with E-state index < -0.39 is 0 Å². The highest BCUT2D eigenvalue weighted by molar-refractivity contribution is 7.15. The summed E-state index contributed by atoms with van der Waals surface area (Å²) >= 11 is 1.67. The number of aryl methyl sites for hydroxylation is 2. The first-order valence-corrected chi connectivity index (χ1v) is 6.49. The first-order valence-electron chi connectivity index (χ1n) is 5.67. The van der Waals surface area contributed by atoms with Gasteiger partial charge in [0.25, 0.3) is 0 Å². The Kier molecular flexibility index (Phi) is 3.10. The minimum absolute atomic E-state index is 0.201. The van der Waals surface area contributed by atoms with Gasteiger partial charge in [-0.05, 0) is 39.8 Å². The quantitative estimate of drug-likeness (QED) is 0.909. The molecule has 0 aliphatic carbocycles. The van der Waals surface area contributed by atoms with E-state index in [-0.39, 0.29) is 5.54 Å². The maximum absolute atomic E-state index is 6.04. The topological polar surface area (TPSA) is 52.0 Å². The predicted octanol–water partition coefficient (Wildman–Crippen LogP) is 3.30. The molecule has 0 aliphatic rings. The molecule has 0 bridgehead atoms. The maximum atomic E-state index is 6.04. The third-order valence-electron chi connectivity index (χ3n) is 2.46. The maximum Gasteiger partial charge on any atom is 0.162 e. The van der Waals surface area contributed by atoms with Crippen LogP contribution in [0.3, 0.4) is 0 Å². The predicted molar refractivity (Wildman–Crippen MR) is 71.3 cm³/mol. The second kappa shape index (κ2) is 4.27. The minimum Gasteiger partial charge on any atom is -0.459 e. The van der Waals surface area contributed by atoms with Gasteiger partial charge in [0.2, 0.25) is 0 Å². The van der Waals surface area contributed by atoms with E-state index in [0.717, 1.165) is 28.6 Å². The fraction of sp³-hybridized carbons (Fsp3) is 0.462. The summed E-state index contributed by atoms with van der Waals surface area (Å²) in [5.74, 6) is 1.75. The summed E-state index contributed by atoms with van der Waals surface area (Å²) in [6.07, 6.45) is 0.843. The average Bonchev–Trinajstić information content (AvgIpc) is 2.72. The lowest BCUT2D eigenvalue weighted by atomic mass is 10.0. The van der Waals surface area contributed by atoms with E-state index in [4.69, 9.17) is 10.2 Å². The van der Waals surface area contributed by atoms with Gasteiger partial charge in [-0.1, -0.05) is 0 Å². The van der Waals surface area contributed by atoms with Crippen LogP contribution in [0.4, 0.5) is 0 Å². The van der Waals surface area contributed by atoms with E-state index in [9.17, 15) is 0 Å². The van der Waals surface area contributed by atoms with Gasteiger partial charge in [0.15, 0.2) is 10.8 Å². The van der Waals surface area contributed by atoms with Crippen LogP contribution in [-0.4, -0.2) is 10.5 Å². The molecule has 2 rings (SSSR count). The van der Waals surface area contributed by atoms with Crippen LogP contribution in [0.5, 0.6) is 0 Å². The standard InChI is InChI=1S/C13H18N2OS/c1-8-5-6-10(16-8)12-15-9(2)11(17-12)7-13(3,4)14/h5-6H,7,14H2,1-4H3. The SMILES string of the molecule is Cc1ccc(-c2nc(C)c(CC(C)(C)N)s2)o1. The van der Waals surface area contributed by atoms with Gasteiger partial charge in [-0.2, -0.15) is 0 Å². The van der Waals surface area contributed by atoms with Gasteiger partial charge in [-0.3, -0.25) is 0 Å². The Labute approximate surface area is 106 Å². The molecule has 2 aromatic heterocycles. The number of thiazole rings is 1. The van der Waals surface area contributed by atoms with Crippen LogP contribution in [0.1, 0.15) is 30.2 Å². The monoisotopic (exact) mass is 250 g/mol. The highest BCUT2D eigenvalue weighted by Gasteiger charge is 2.18. The van der Waals surface area contributed by atoms with Crippen molar-refractivity contribution in [3.63, 3.8) is 0 Å². The van der Waals surface area contributed by atoms with E-state index in [2.05, 4.69) is 4.98 Å². The fourth-order valence-corrected chi connectivity index (χ4v) is 2.92. The Morgan fingerprint density at radius 2 is 2.06 bits per heavy atom. The van der Waals surface area contributed by atoms with Gasteiger partial charge in [0.1, 0.15) is 5.76 Å². The Bertz CT molecular complexity index is 520. The molecule has 2 N–H and O–H groups in total. The third kappa shape index (κ3) is 2.96. The van der Waals surface area contributed by atoms with Crippen molar-refractivity contribution in [2.45, 2.75) is 39.7 Å². The zero-order valence-corrected chi connectivity index (χ0v) is 11.5. The highest BCUT2D eigenvalue weighted by Crippen LogP contribution is 2.30. The third-order valence-corrected chi connectivity index (χ3v) is 3.63. The molecule has 3 nitrogen and oxygen atoms in total. The molecule has 0 radical (unpaired) electrons. The summed E-state index contributed by atoms with van der Waals surface area (Å²) < 4.78 is 5.58. The van der Waals surface area contributed by atoms with Crippen molar-refractivity contribution in [2.75, 3.05) is 0 Å². The highest BCUT2D eigenvalue weighted by atomic mass is 32.1. The van der Waals surface area contributed by atoms with Crippen LogP contribution in [0.15, 0.2) is 16.5 Å². The second-order valence-corrected chi connectivity index (χ2v) is 6.19. The molecule has 92 valence electrons. The number of nitrogens with zero attached hydrogens (tertiary/aromatic N) is 1. The summed E-state index contributed by atoms with van der Waals surface area (Å²) in [5.41, 5.74) is 6.90. The van der Waals surface area contributed by atoms with Crippen molar-refractivity contribution < 1.29 is 4.42 Å². The number of hydrogen-bond acceptors (Lipinski definition) is 4. The van der Waals surface area contributed by atoms with E-state index in [1.54, 1.807) is 11.3 Å². The van der Waals surface area contributed by atoms with Gasteiger partial charge >= 0.3 is 0 Å². The molecule has 2 aromatic rings. The number of nitrogens with two attached hydrogens (primary N) is 1. The molecule has 0 saturated carbocycles. The summed E-state index contributed by atoms with van der Waals surface area (Å²) in [4.78, 5) is 5.79. The summed E-state index contributed by atoms with van der Waals surface area (Å²) in [6, 6.07) is 3.92. The zero-order valence-electron chi connectivity index (χ0n) is 10.7. The van der Waals surface area contributed by atoms with Crippen molar-refractivity contribution in [3.8, 4) is 10.8 Å². The van der Waals surface area contributed by atoms with Crippen molar-refractivity contribution in [1.82, 2.24) is 4.98 Å². The first kappa shape index (κ1) is 12.3. The van der Waals surface area contributed by atoms with Gasteiger partial charge in [-0.25, -0.2) is 4.98 Å². The van der Waals surface area contributed by atoms with Gasteiger partial charge in [0, 0.05) is 16.8 Å². The molecule has 0 atom stereocenters. The molecular formula is C13H18N2OS. The minimum atomic E-state index is -0.201.